The summed E-state index contributed by atoms with van der Waals surface area (Å²) in [4.78, 5) is 0. The summed E-state index contributed by atoms with van der Waals surface area (Å²) < 4.78 is 1.61. The molecule has 18 heavy (non-hydrogen) atoms. The van der Waals surface area contributed by atoms with E-state index in [1.165, 1.54) is 0 Å². The van der Waals surface area contributed by atoms with Gasteiger partial charge < -0.3 is 5.11 Å². The van der Waals surface area contributed by atoms with E-state index in [-0.39, 0.29) is 12.5 Å². The van der Waals surface area contributed by atoms with Crippen molar-refractivity contribution < 1.29 is 5.11 Å². The molecule has 0 radical (unpaired) electrons. The van der Waals surface area contributed by atoms with Gasteiger partial charge >= 0.3 is 0 Å². The number of halogens is 2. The first-order valence-corrected chi connectivity index (χ1v) is 6.44. The molecule has 0 saturated heterocycles. The molecular formula is C13H14Cl2N2O. The number of nitrogens with zero attached hydrogens (tertiary/aromatic N) is 2. The number of benzene rings is 1. The summed E-state index contributed by atoms with van der Waals surface area (Å²) in [5.74, 6) is 0.199. The number of hydrogen-bond acceptors (Lipinski definition) is 2. The Morgan fingerprint density at radius 3 is 2.56 bits per heavy atom. The van der Waals surface area contributed by atoms with Gasteiger partial charge in [0.2, 0.25) is 0 Å². The van der Waals surface area contributed by atoms with Crippen LogP contribution in [0.15, 0.2) is 24.3 Å². The van der Waals surface area contributed by atoms with Crippen molar-refractivity contribution in [2.45, 2.75) is 26.4 Å². The van der Waals surface area contributed by atoms with Crippen LogP contribution in [0.25, 0.3) is 5.69 Å². The van der Waals surface area contributed by atoms with Gasteiger partial charge in [0.1, 0.15) is 5.15 Å². The van der Waals surface area contributed by atoms with Crippen LogP contribution in [0.2, 0.25) is 10.2 Å². The van der Waals surface area contributed by atoms with Gasteiger partial charge in [-0.2, -0.15) is 5.10 Å². The quantitative estimate of drug-likeness (QED) is 0.931. The van der Waals surface area contributed by atoms with Gasteiger partial charge in [-0.05, 0) is 24.1 Å². The van der Waals surface area contributed by atoms with Gasteiger partial charge in [0.25, 0.3) is 0 Å². The molecule has 2 rings (SSSR count). The summed E-state index contributed by atoms with van der Waals surface area (Å²) in [6.07, 6.45) is 0. The average molecular weight is 285 g/mol. The van der Waals surface area contributed by atoms with E-state index in [0.29, 0.717) is 15.7 Å². The maximum Gasteiger partial charge on any atom is 0.138 e. The first-order chi connectivity index (χ1) is 8.54. The predicted octanol–water partition coefficient (Wildman–Crippen LogP) is 3.79. The van der Waals surface area contributed by atoms with Gasteiger partial charge in [-0.25, -0.2) is 4.68 Å². The molecule has 0 spiro atoms. The molecular weight excluding hydrogens is 271 g/mol. The summed E-state index contributed by atoms with van der Waals surface area (Å²) in [6.45, 7) is 3.91. The first-order valence-electron chi connectivity index (χ1n) is 5.68. The van der Waals surface area contributed by atoms with Gasteiger partial charge in [-0.15, -0.1) is 0 Å². The second-order valence-electron chi connectivity index (χ2n) is 4.36. The van der Waals surface area contributed by atoms with Crippen LogP contribution in [-0.2, 0) is 6.61 Å². The van der Waals surface area contributed by atoms with E-state index in [1.807, 2.05) is 26.0 Å². The molecule has 1 heterocycles. The monoisotopic (exact) mass is 284 g/mol. The van der Waals surface area contributed by atoms with Crippen molar-refractivity contribution in [2.24, 2.45) is 0 Å². The minimum atomic E-state index is -0.118. The number of rotatable bonds is 3. The Balaban J connectivity index is 2.59. The second-order valence-corrected chi connectivity index (χ2v) is 5.15. The van der Waals surface area contributed by atoms with E-state index in [1.54, 1.807) is 16.8 Å². The predicted molar refractivity (Wildman–Crippen MR) is 73.6 cm³/mol. The van der Waals surface area contributed by atoms with E-state index >= 15 is 0 Å². The molecule has 2 aromatic rings. The van der Waals surface area contributed by atoms with Gasteiger partial charge in [-0.3, -0.25) is 0 Å². The topological polar surface area (TPSA) is 38.0 Å². The lowest BCUT2D eigenvalue weighted by molar-refractivity contribution is 0.280. The highest BCUT2D eigenvalue weighted by Gasteiger charge is 2.18. The van der Waals surface area contributed by atoms with Crippen LogP contribution >= 0.6 is 23.2 Å². The van der Waals surface area contributed by atoms with E-state index in [0.717, 1.165) is 11.4 Å². The lowest BCUT2D eigenvalue weighted by Gasteiger charge is -2.03. The Hall–Kier alpha value is -1.03. The number of aliphatic hydroxyl groups excluding tert-OH is 1. The van der Waals surface area contributed by atoms with Crippen molar-refractivity contribution in [1.82, 2.24) is 9.78 Å². The normalized spacial score (nSPS) is 11.2. The Morgan fingerprint density at radius 2 is 2.06 bits per heavy atom. The zero-order valence-electron chi connectivity index (χ0n) is 10.2. The molecule has 1 aromatic heterocycles. The average Bonchev–Trinajstić information content (AvgIpc) is 2.66. The van der Waals surface area contributed by atoms with Crippen LogP contribution in [0.1, 0.15) is 31.0 Å². The molecule has 0 bridgehead atoms. The first kappa shape index (κ1) is 13.4. The molecule has 3 nitrogen and oxygen atoms in total. The van der Waals surface area contributed by atoms with E-state index in [4.69, 9.17) is 23.2 Å². The third-order valence-electron chi connectivity index (χ3n) is 2.71. The van der Waals surface area contributed by atoms with Crippen LogP contribution < -0.4 is 0 Å². The molecule has 1 aromatic carbocycles. The molecule has 1 N–H and O–H groups in total. The van der Waals surface area contributed by atoms with Crippen LogP contribution in [0.3, 0.4) is 0 Å². The fraction of sp³-hybridized carbons (Fsp3) is 0.308. The summed E-state index contributed by atoms with van der Waals surface area (Å²) in [5, 5.41) is 14.9. The third kappa shape index (κ3) is 2.39. The SMILES string of the molecule is CC(C)c1nn(-c2cccc(Cl)c2)c(Cl)c1CO. The van der Waals surface area contributed by atoms with Gasteiger partial charge in [-0.1, -0.05) is 43.1 Å². The Bertz CT molecular complexity index is 564. The second kappa shape index (κ2) is 5.31. The van der Waals surface area contributed by atoms with E-state index in [2.05, 4.69) is 5.10 Å². The molecule has 5 heteroatoms. The standard InChI is InChI=1S/C13H14Cl2N2O/c1-8(2)12-11(7-18)13(15)17(16-12)10-5-3-4-9(14)6-10/h3-6,8,18H,7H2,1-2H3. The third-order valence-corrected chi connectivity index (χ3v) is 3.33. The van der Waals surface area contributed by atoms with Crippen molar-refractivity contribution >= 4 is 23.2 Å². The maximum absolute atomic E-state index is 9.40. The highest BCUT2D eigenvalue weighted by Crippen LogP contribution is 2.28. The molecule has 0 atom stereocenters. The van der Waals surface area contributed by atoms with Crippen LogP contribution in [0.5, 0.6) is 0 Å². The van der Waals surface area contributed by atoms with Crippen molar-refractivity contribution in [3.63, 3.8) is 0 Å². The smallest absolute Gasteiger partial charge is 0.138 e. The number of hydrogen-bond donors (Lipinski definition) is 1. The summed E-state index contributed by atoms with van der Waals surface area (Å²) >= 11 is 12.2. The highest BCUT2D eigenvalue weighted by molar-refractivity contribution is 6.31. The minimum Gasteiger partial charge on any atom is -0.391 e. The fourth-order valence-corrected chi connectivity index (χ4v) is 2.31. The van der Waals surface area contributed by atoms with Crippen molar-refractivity contribution in [3.8, 4) is 5.69 Å². The van der Waals surface area contributed by atoms with Crippen molar-refractivity contribution in [1.29, 1.82) is 0 Å². The van der Waals surface area contributed by atoms with Crippen LogP contribution in [0.4, 0.5) is 0 Å². The summed E-state index contributed by atoms with van der Waals surface area (Å²) in [5.41, 5.74) is 2.27. The molecule has 0 unspecified atom stereocenters. The zero-order chi connectivity index (χ0) is 13.3. The molecule has 0 aliphatic carbocycles. The number of aliphatic hydroxyl groups is 1. The molecule has 0 aliphatic rings. The fourth-order valence-electron chi connectivity index (χ4n) is 1.83. The molecule has 96 valence electrons. The van der Waals surface area contributed by atoms with Crippen molar-refractivity contribution in [3.05, 3.63) is 45.7 Å². The highest BCUT2D eigenvalue weighted by atomic mass is 35.5. The van der Waals surface area contributed by atoms with E-state index in [9.17, 15) is 5.11 Å². The lowest BCUT2D eigenvalue weighted by Crippen LogP contribution is -1.98. The largest absolute Gasteiger partial charge is 0.391 e. The molecule has 0 aliphatic heterocycles. The number of aromatic nitrogens is 2. The molecule has 0 saturated carbocycles. The minimum absolute atomic E-state index is 0.118. The van der Waals surface area contributed by atoms with Gasteiger partial charge in [0.05, 0.1) is 18.0 Å². The van der Waals surface area contributed by atoms with Crippen LogP contribution in [-0.4, -0.2) is 14.9 Å². The molecule has 0 fully saturated rings. The lowest BCUT2D eigenvalue weighted by atomic mass is 10.1. The Labute approximate surface area is 116 Å². The Morgan fingerprint density at radius 1 is 1.33 bits per heavy atom. The van der Waals surface area contributed by atoms with Crippen LogP contribution in [0, 0.1) is 0 Å². The maximum atomic E-state index is 9.40. The van der Waals surface area contributed by atoms with Gasteiger partial charge in [0, 0.05) is 10.6 Å². The summed E-state index contributed by atoms with van der Waals surface area (Å²) in [6, 6.07) is 7.28. The Kier molecular flexibility index (Phi) is 3.95. The molecule has 0 amide bonds. The van der Waals surface area contributed by atoms with Gasteiger partial charge in [0.15, 0.2) is 0 Å². The van der Waals surface area contributed by atoms with E-state index < -0.39 is 0 Å². The summed E-state index contributed by atoms with van der Waals surface area (Å²) in [7, 11) is 0. The van der Waals surface area contributed by atoms with Crippen molar-refractivity contribution in [2.75, 3.05) is 0 Å². The zero-order valence-corrected chi connectivity index (χ0v) is 11.7.